The smallest absolute Gasteiger partial charge is 0.240 e. The van der Waals surface area contributed by atoms with Crippen molar-refractivity contribution in [3.63, 3.8) is 0 Å². The molecule has 0 heterocycles. The van der Waals surface area contributed by atoms with Crippen LogP contribution in [-0.2, 0) is 14.8 Å². The first-order valence-corrected chi connectivity index (χ1v) is 9.43. The number of aryl methyl sites for hydroxylation is 1. The first kappa shape index (κ1) is 19.8. The van der Waals surface area contributed by atoms with Crippen LogP contribution in [0.5, 0.6) is 0 Å². The zero-order valence-corrected chi connectivity index (χ0v) is 15.1. The highest BCUT2D eigenvalue weighted by molar-refractivity contribution is 7.89. The molecule has 0 aliphatic heterocycles. The average Bonchev–Trinajstić information content (AvgIpc) is 2.58. The number of hydrogen-bond acceptors (Lipinski definition) is 4. The van der Waals surface area contributed by atoms with Gasteiger partial charge in [-0.3, -0.25) is 0 Å². The molecule has 0 radical (unpaired) electrons. The highest BCUT2D eigenvalue weighted by Crippen LogP contribution is 2.21. The Morgan fingerprint density at radius 2 is 1.92 bits per heavy atom. The van der Waals surface area contributed by atoms with E-state index in [-0.39, 0.29) is 29.7 Å². The van der Waals surface area contributed by atoms with Crippen LogP contribution >= 0.6 is 11.6 Å². The van der Waals surface area contributed by atoms with E-state index in [1.54, 1.807) is 0 Å². The minimum absolute atomic E-state index is 0.0413. The van der Waals surface area contributed by atoms with E-state index < -0.39 is 21.9 Å². The van der Waals surface area contributed by atoms with Gasteiger partial charge in [-0.05, 0) is 30.7 Å². The fourth-order valence-corrected chi connectivity index (χ4v) is 3.46. The predicted molar refractivity (Wildman–Crippen MR) is 93.6 cm³/mol. The Bertz CT molecular complexity index is 812. The number of sulfonamides is 1. The summed E-state index contributed by atoms with van der Waals surface area (Å²) in [6.07, 6.45) is -0.571. The van der Waals surface area contributed by atoms with Crippen molar-refractivity contribution in [1.29, 1.82) is 0 Å². The van der Waals surface area contributed by atoms with E-state index in [1.165, 1.54) is 0 Å². The van der Waals surface area contributed by atoms with Crippen LogP contribution in [0.2, 0.25) is 5.02 Å². The van der Waals surface area contributed by atoms with E-state index >= 15 is 0 Å². The summed E-state index contributed by atoms with van der Waals surface area (Å²) in [4.78, 5) is -0.135. The number of halogens is 2. The Balaban J connectivity index is 2.15. The molecule has 0 amide bonds. The standard InChI is InChI=1S/C17H19ClFNO4S/c1-12-2-4-13(5-3-12)17(24-9-8-21)11-20-25(22,23)14-6-7-16(19)15(18)10-14/h2-7,10,17,20-21H,8-9,11H2,1H3/t17-/m1/s1. The monoisotopic (exact) mass is 387 g/mol. The Labute approximate surface area is 151 Å². The minimum atomic E-state index is -3.88. The van der Waals surface area contributed by atoms with Crippen molar-refractivity contribution in [1.82, 2.24) is 4.72 Å². The van der Waals surface area contributed by atoms with E-state index in [4.69, 9.17) is 21.4 Å². The van der Waals surface area contributed by atoms with Crippen molar-refractivity contribution in [3.05, 3.63) is 64.4 Å². The maximum absolute atomic E-state index is 13.2. The molecule has 5 nitrogen and oxygen atoms in total. The first-order chi connectivity index (χ1) is 11.8. The molecular formula is C17H19ClFNO4S. The molecule has 8 heteroatoms. The van der Waals surface area contributed by atoms with Crippen LogP contribution in [0.4, 0.5) is 4.39 Å². The van der Waals surface area contributed by atoms with Gasteiger partial charge in [0, 0.05) is 6.54 Å². The lowest BCUT2D eigenvalue weighted by atomic mass is 10.1. The number of benzene rings is 2. The minimum Gasteiger partial charge on any atom is -0.394 e. The fraction of sp³-hybridized carbons (Fsp3) is 0.294. The van der Waals surface area contributed by atoms with Crippen LogP contribution in [0.1, 0.15) is 17.2 Å². The average molecular weight is 388 g/mol. The summed E-state index contributed by atoms with van der Waals surface area (Å²) in [5, 5.41) is 8.69. The number of hydrogen-bond donors (Lipinski definition) is 2. The van der Waals surface area contributed by atoms with Crippen molar-refractivity contribution < 1.29 is 22.7 Å². The summed E-state index contributed by atoms with van der Waals surface area (Å²) in [5.74, 6) is -0.690. The Hall–Kier alpha value is -1.51. The summed E-state index contributed by atoms with van der Waals surface area (Å²) in [6, 6.07) is 10.6. The van der Waals surface area contributed by atoms with Crippen LogP contribution in [-0.4, -0.2) is 33.3 Å². The van der Waals surface area contributed by atoms with E-state index in [0.29, 0.717) is 0 Å². The highest BCUT2D eigenvalue weighted by Gasteiger charge is 2.19. The van der Waals surface area contributed by atoms with Gasteiger partial charge in [-0.25, -0.2) is 17.5 Å². The van der Waals surface area contributed by atoms with Gasteiger partial charge in [-0.15, -0.1) is 0 Å². The molecule has 1 atom stereocenters. The third-order valence-corrected chi connectivity index (χ3v) is 5.23. The summed E-state index contributed by atoms with van der Waals surface area (Å²) < 4.78 is 45.9. The number of rotatable bonds is 8. The van der Waals surface area contributed by atoms with Gasteiger partial charge < -0.3 is 9.84 Å². The van der Waals surface area contributed by atoms with Crippen LogP contribution < -0.4 is 4.72 Å². The van der Waals surface area contributed by atoms with Crippen LogP contribution in [0.3, 0.4) is 0 Å². The molecule has 0 aromatic heterocycles. The summed E-state index contributed by atoms with van der Waals surface area (Å²) in [7, 11) is -3.88. The van der Waals surface area contributed by atoms with Gasteiger partial charge in [0.15, 0.2) is 0 Å². The van der Waals surface area contributed by atoms with E-state index in [9.17, 15) is 12.8 Å². The molecule has 2 aromatic rings. The maximum Gasteiger partial charge on any atom is 0.240 e. The van der Waals surface area contributed by atoms with E-state index in [2.05, 4.69) is 4.72 Å². The third-order valence-electron chi connectivity index (χ3n) is 3.52. The quantitative estimate of drug-likeness (QED) is 0.730. The lowest BCUT2D eigenvalue weighted by Gasteiger charge is -2.19. The predicted octanol–water partition coefficient (Wildman–Crippen LogP) is 2.82. The SMILES string of the molecule is Cc1ccc([C@@H](CNS(=O)(=O)c2ccc(F)c(Cl)c2)OCCO)cc1. The van der Waals surface area contributed by atoms with Crippen molar-refractivity contribution in [2.45, 2.75) is 17.9 Å². The normalized spacial score (nSPS) is 13.0. The second-order valence-electron chi connectivity index (χ2n) is 5.42. The molecule has 0 fully saturated rings. The van der Waals surface area contributed by atoms with Crippen LogP contribution in [0, 0.1) is 12.7 Å². The first-order valence-electron chi connectivity index (χ1n) is 7.57. The molecule has 0 bridgehead atoms. The molecule has 136 valence electrons. The molecule has 2 rings (SSSR count). The zero-order chi connectivity index (χ0) is 18.4. The van der Waals surface area contributed by atoms with Crippen molar-refractivity contribution >= 4 is 21.6 Å². The molecule has 2 aromatic carbocycles. The third kappa shape index (κ3) is 5.49. The van der Waals surface area contributed by atoms with Crippen LogP contribution in [0.15, 0.2) is 47.4 Å². The topological polar surface area (TPSA) is 75.6 Å². The Kier molecular flexibility index (Phi) is 6.92. The lowest BCUT2D eigenvalue weighted by Crippen LogP contribution is -2.30. The zero-order valence-electron chi connectivity index (χ0n) is 13.6. The van der Waals surface area contributed by atoms with Gasteiger partial charge in [0.25, 0.3) is 0 Å². The van der Waals surface area contributed by atoms with Crippen molar-refractivity contribution in [3.8, 4) is 0 Å². The van der Waals surface area contributed by atoms with E-state index in [1.807, 2.05) is 31.2 Å². The molecular weight excluding hydrogens is 369 g/mol. The van der Waals surface area contributed by atoms with Gasteiger partial charge in [0.2, 0.25) is 10.0 Å². The molecule has 0 aliphatic rings. The van der Waals surface area contributed by atoms with Gasteiger partial charge in [-0.2, -0.15) is 0 Å². The Morgan fingerprint density at radius 3 is 2.52 bits per heavy atom. The Morgan fingerprint density at radius 1 is 1.24 bits per heavy atom. The van der Waals surface area contributed by atoms with Crippen molar-refractivity contribution in [2.24, 2.45) is 0 Å². The largest absolute Gasteiger partial charge is 0.394 e. The van der Waals surface area contributed by atoms with Gasteiger partial charge in [-0.1, -0.05) is 41.4 Å². The fourth-order valence-electron chi connectivity index (χ4n) is 2.16. The number of ether oxygens (including phenoxy) is 1. The van der Waals surface area contributed by atoms with E-state index in [0.717, 1.165) is 29.3 Å². The molecule has 0 saturated heterocycles. The summed E-state index contributed by atoms with van der Waals surface area (Å²) in [6.45, 7) is 1.79. The van der Waals surface area contributed by atoms with Gasteiger partial charge in [0.05, 0.1) is 29.2 Å². The maximum atomic E-state index is 13.2. The number of nitrogens with one attached hydrogen (secondary N) is 1. The van der Waals surface area contributed by atoms with Gasteiger partial charge >= 0.3 is 0 Å². The second-order valence-corrected chi connectivity index (χ2v) is 7.60. The summed E-state index contributed by atoms with van der Waals surface area (Å²) in [5.41, 5.74) is 1.84. The molecule has 0 aliphatic carbocycles. The van der Waals surface area contributed by atoms with Gasteiger partial charge in [0.1, 0.15) is 5.82 Å². The second kappa shape index (κ2) is 8.73. The lowest BCUT2D eigenvalue weighted by molar-refractivity contribution is 0.0309. The number of aliphatic hydroxyl groups is 1. The highest BCUT2D eigenvalue weighted by atomic mass is 35.5. The molecule has 0 spiro atoms. The summed E-state index contributed by atoms with van der Waals surface area (Å²) >= 11 is 5.64. The number of aliphatic hydroxyl groups excluding tert-OH is 1. The molecule has 2 N–H and O–H groups in total. The molecule has 25 heavy (non-hydrogen) atoms. The van der Waals surface area contributed by atoms with Crippen LogP contribution in [0.25, 0.3) is 0 Å². The van der Waals surface area contributed by atoms with Crippen molar-refractivity contribution in [2.75, 3.05) is 19.8 Å². The molecule has 0 saturated carbocycles. The molecule has 0 unspecified atom stereocenters.